The van der Waals surface area contributed by atoms with E-state index in [1.54, 1.807) is 24.3 Å². The number of halogens is 3. The maximum absolute atomic E-state index is 12.2. The van der Waals surface area contributed by atoms with Crippen molar-refractivity contribution < 1.29 is 18.3 Å². The molecule has 0 amide bonds. The van der Waals surface area contributed by atoms with Gasteiger partial charge in [-0.25, -0.2) is 0 Å². The molecule has 1 aromatic carbocycles. The van der Waals surface area contributed by atoms with Crippen molar-refractivity contribution in [3.63, 3.8) is 0 Å². The third-order valence-corrected chi connectivity index (χ3v) is 2.36. The van der Waals surface area contributed by atoms with Gasteiger partial charge in [0.05, 0.1) is 6.10 Å². The molecule has 0 fully saturated rings. The second-order valence-electron chi connectivity index (χ2n) is 3.81. The molecule has 0 saturated carbocycles. The van der Waals surface area contributed by atoms with Gasteiger partial charge in [0.15, 0.2) is 0 Å². The number of aliphatic hydroxyl groups is 1. The molecule has 0 aliphatic carbocycles. The van der Waals surface area contributed by atoms with Crippen LogP contribution in [-0.4, -0.2) is 17.3 Å². The van der Waals surface area contributed by atoms with Gasteiger partial charge in [-0.1, -0.05) is 29.8 Å². The highest BCUT2D eigenvalue weighted by Gasteiger charge is 2.37. The van der Waals surface area contributed by atoms with Crippen LogP contribution in [0.25, 0.3) is 0 Å². The smallest absolute Gasteiger partial charge is 0.388 e. The lowest BCUT2D eigenvalue weighted by atomic mass is 10.0. The van der Waals surface area contributed by atoms with Crippen LogP contribution < -0.4 is 5.73 Å². The molecule has 90 valence electrons. The third-order valence-electron chi connectivity index (χ3n) is 2.36. The number of benzene rings is 1. The van der Waals surface area contributed by atoms with E-state index >= 15 is 0 Å². The Balaban J connectivity index is 2.65. The third kappa shape index (κ3) is 3.50. The first-order chi connectivity index (χ1) is 7.30. The molecule has 0 bridgehead atoms. The quantitative estimate of drug-likeness (QED) is 0.841. The topological polar surface area (TPSA) is 46.2 Å². The lowest BCUT2D eigenvalue weighted by Gasteiger charge is -2.19. The molecule has 2 atom stereocenters. The molecule has 2 nitrogen and oxygen atoms in total. The van der Waals surface area contributed by atoms with E-state index in [4.69, 9.17) is 5.73 Å². The maximum Gasteiger partial charge on any atom is 0.403 e. The van der Waals surface area contributed by atoms with Crippen LogP contribution in [0.2, 0.25) is 0 Å². The summed E-state index contributed by atoms with van der Waals surface area (Å²) in [6, 6.07) is 4.67. The largest absolute Gasteiger partial charge is 0.403 e. The number of aliphatic hydroxyl groups excluding tert-OH is 1. The Morgan fingerprint density at radius 1 is 1.25 bits per heavy atom. The summed E-state index contributed by atoms with van der Waals surface area (Å²) in [6.45, 7) is 1.86. The molecule has 0 aliphatic rings. The molecule has 1 aromatic rings. The minimum atomic E-state index is -4.47. The zero-order chi connectivity index (χ0) is 12.3. The van der Waals surface area contributed by atoms with Crippen LogP contribution in [0.4, 0.5) is 13.2 Å². The number of aryl methyl sites for hydroxylation is 1. The Labute approximate surface area is 91.9 Å². The van der Waals surface area contributed by atoms with E-state index in [1.165, 1.54) is 0 Å². The van der Waals surface area contributed by atoms with Crippen molar-refractivity contribution in [2.45, 2.75) is 31.7 Å². The second kappa shape index (κ2) is 4.84. The summed E-state index contributed by atoms with van der Waals surface area (Å²) >= 11 is 0. The Morgan fingerprint density at radius 2 is 1.75 bits per heavy atom. The van der Waals surface area contributed by atoms with Gasteiger partial charge in [0, 0.05) is 6.42 Å². The Hall–Kier alpha value is -1.07. The number of hydrogen-bond donors (Lipinski definition) is 2. The number of nitrogens with two attached hydrogens (primary N) is 1. The van der Waals surface area contributed by atoms with Crippen molar-refractivity contribution in [2.75, 3.05) is 0 Å². The fourth-order valence-electron chi connectivity index (χ4n) is 1.30. The first-order valence-corrected chi connectivity index (χ1v) is 4.87. The minimum Gasteiger partial charge on any atom is -0.388 e. The van der Waals surface area contributed by atoms with Crippen LogP contribution in [0.3, 0.4) is 0 Å². The van der Waals surface area contributed by atoms with Gasteiger partial charge in [-0.2, -0.15) is 13.2 Å². The molecule has 0 unspecified atom stereocenters. The second-order valence-corrected chi connectivity index (χ2v) is 3.81. The predicted octanol–water partition coefficient (Wildman–Crippen LogP) is 2.31. The Morgan fingerprint density at radius 3 is 2.19 bits per heavy atom. The molecule has 5 heteroatoms. The van der Waals surface area contributed by atoms with Gasteiger partial charge >= 0.3 is 6.18 Å². The summed E-state index contributed by atoms with van der Waals surface area (Å²) in [5.74, 6) is 0. The fourth-order valence-corrected chi connectivity index (χ4v) is 1.30. The Kier molecular flexibility index (Phi) is 3.93. The molecular weight excluding hydrogens is 219 g/mol. The summed E-state index contributed by atoms with van der Waals surface area (Å²) in [6.07, 6.45) is -6.17. The first-order valence-electron chi connectivity index (χ1n) is 4.87. The van der Waals surface area contributed by atoms with E-state index < -0.39 is 24.7 Å². The maximum atomic E-state index is 12.2. The SMILES string of the molecule is Cc1ccc([C@@H](O)C[C@@H](N)C(F)(F)F)cc1. The molecule has 0 spiro atoms. The average Bonchev–Trinajstić information content (AvgIpc) is 2.17. The van der Waals surface area contributed by atoms with Gasteiger partial charge in [-0.05, 0) is 12.5 Å². The van der Waals surface area contributed by atoms with Gasteiger partial charge in [0.2, 0.25) is 0 Å². The highest BCUT2D eigenvalue weighted by atomic mass is 19.4. The van der Waals surface area contributed by atoms with Crippen LogP contribution in [0, 0.1) is 6.92 Å². The molecule has 16 heavy (non-hydrogen) atoms. The van der Waals surface area contributed by atoms with E-state index in [2.05, 4.69) is 0 Å². The molecular formula is C11H14F3NO. The summed E-state index contributed by atoms with van der Waals surface area (Å²) < 4.78 is 36.5. The van der Waals surface area contributed by atoms with Crippen LogP contribution in [-0.2, 0) is 0 Å². The van der Waals surface area contributed by atoms with E-state index in [-0.39, 0.29) is 0 Å². The van der Waals surface area contributed by atoms with Crippen molar-refractivity contribution in [2.24, 2.45) is 5.73 Å². The molecule has 3 N–H and O–H groups in total. The lowest BCUT2D eigenvalue weighted by molar-refractivity contribution is -0.153. The van der Waals surface area contributed by atoms with Crippen LogP contribution in [0.5, 0.6) is 0 Å². The number of rotatable bonds is 3. The monoisotopic (exact) mass is 233 g/mol. The summed E-state index contributed by atoms with van der Waals surface area (Å²) in [7, 11) is 0. The van der Waals surface area contributed by atoms with Gasteiger partial charge in [-0.15, -0.1) is 0 Å². The molecule has 0 saturated heterocycles. The number of hydrogen-bond acceptors (Lipinski definition) is 2. The van der Waals surface area contributed by atoms with Gasteiger partial charge in [-0.3, -0.25) is 0 Å². The molecule has 0 aromatic heterocycles. The first kappa shape index (κ1) is 13.0. The van der Waals surface area contributed by atoms with Crippen molar-refractivity contribution in [3.05, 3.63) is 35.4 Å². The summed E-state index contributed by atoms with van der Waals surface area (Å²) in [5.41, 5.74) is 6.37. The van der Waals surface area contributed by atoms with Crippen LogP contribution in [0.1, 0.15) is 23.7 Å². The minimum absolute atomic E-state index is 0.449. The zero-order valence-electron chi connectivity index (χ0n) is 8.83. The molecule has 0 radical (unpaired) electrons. The van der Waals surface area contributed by atoms with Crippen molar-refractivity contribution in [1.82, 2.24) is 0 Å². The molecule has 1 rings (SSSR count). The average molecular weight is 233 g/mol. The van der Waals surface area contributed by atoms with Crippen LogP contribution >= 0.6 is 0 Å². The highest BCUT2D eigenvalue weighted by molar-refractivity contribution is 5.23. The van der Waals surface area contributed by atoms with Gasteiger partial charge in [0.25, 0.3) is 0 Å². The predicted molar refractivity (Wildman–Crippen MR) is 54.8 cm³/mol. The van der Waals surface area contributed by atoms with Gasteiger partial charge in [0.1, 0.15) is 6.04 Å². The van der Waals surface area contributed by atoms with Crippen molar-refractivity contribution in [3.8, 4) is 0 Å². The molecule has 0 heterocycles. The zero-order valence-corrected chi connectivity index (χ0v) is 8.83. The summed E-state index contributed by atoms with van der Waals surface area (Å²) in [5, 5.41) is 9.57. The van der Waals surface area contributed by atoms with Gasteiger partial charge < -0.3 is 10.8 Å². The lowest BCUT2D eigenvalue weighted by Crippen LogP contribution is -2.38. The van der Waals surface area contributed by atoms with E-state index in [9.17, 15) is 18.3 Å². The van der Waals surface area contributed by atoms with E-state index in [1.807, 2.05) is 6.92 Å². The normalized spacial score (nSPS) is 15.9. The standard InChI is InChI=1S/C11H14F3NO/c1-7-2-4-8(5-3-7)9(16)6-10(15)11(12,13)14/h2-5,9-10,16H,6,15H2,1H3/t9-,10+/m0/s1. The van der Waals surface area contributed by atoms with Crippen LogP contribution in [0.15, 0.2) is 24.3 Å². The highest BCUT2D eigenvalue weighted by Crippen LogP contribution is 2.26. The Bertz CT molecular complexity index is 334. The number of alkyl halides is 3. The van der Waals surface area contributed by atoms with E-state index in [0.29, 0.717) is 5.56 Å². The molecule has 0 aliphatic heterocycles. The van der Waals surface area contributed by atoms with Crippen molar-refractivity contribution >= 4 is 0 Å². The summed E-state index contributed by atoms with van der Waals surface area (Å²) in [4.78, 5) is 0. The van der Waals surface area contributed by atoms with E-state index in [0.717, 1.165) is 5.56 Å². The van der Waals surface area contributed by atoms with Crippen molar-refractivity contribution in [1.29, 1.82) is 0 Å². The fraction of sp³-hybridized carbons (Fsp3) is 0.455.